The lowest BCUT2D eigenvalue weighted by molar-refractivity contribution is 0.379. The maximum Gasteiger partial charge on any atom is 0.137 e. The number of methoxy groups -OCH3 is 2. The zero-order valence-electron chi connectivity index (χ0n) is 10.3. The Morgan fingerprint density at radius 3 is 2.29 bits per heavy atom. The Labute approximate surface area is 111 Å². The zero-order chi connectivity index (χ0) is 12.3. The molecule has 1 aliphatic rings. The average molecular weight is 300 g/mol. The standard InChI is InChI=1S/C13H18BrNO2/c1-16-11-7-9(8-12(17-2)13(11)14)10-5-3-4-6-15-10/h7-8,10,15H,3-6H2,1-2H3/t10-/m0/s1. The van der Waals surface area contributed by atoms with Crippen molar-refractivity contribution in [3.63, 3.8) is 0 Å². The third-order valence-corrected chi connectivity index (χ3v) is 3.96. The van der Waals surface area contributed by atoms with E-state index in [9.17, 15) is 0 Å². The van der Waals surface area contributed by atoms with E-state index in [-0.39, 0.29) is 0 Å². The molecule has 0 aliphatic carbocycles. The largest absolute Gasteiger partial charge is 0.495 e. The van der Waals surface area contributed by atoms with E-state index in [4.69, 9.17) is 9.47 Å². The van der Waals surface area contributed by atoms with Crippen LogP contribution in [0.4, 0.5) is 0 Å². The predicted octanol–water partition coefficient (Wildman–Crippen LogP) is 3.28. The van der Waals surface area contributed by atoms with Gasteiger partial charge >= 0.3 is 0 Å². The van der Waals surface area contributed by atoms with Crippen molar-refractivity contribution in [3.05, 3.63) is 22.2 Å². The van der Waals surface area contributed by atoms with E-state index in [0.717, 1.165) is 22.5 Å². The molecule has 1 heterocycles. The normalized spacial score (nSPS) is 20.1. The smallest absolute Gasteiger partial charge is 0.137 e. The Morgan fingerprint density at radius 2 is 1.82 bits per heavy atom. The number of nitrogens with one attached hydrogen (secondary N) is 1. The fraction of sp³-hybridized carbons (Fsp3) is 0.538. The highest BCUT2D eigenvalue weighted by Gasteiger charge is 2.18. The molecule has 0 spiro atoms. The molecule has 1 atom stereocenters. The minimum absolute atomic E-state index is 0.416. The lowest BCUT2D eigenvalue weighted by atomic mass is 9.97. The molecule has 2 rings (SSSR count). The topological polar surface area (TPSA) is 30.5 Å². The van der Waals surface area contributed by atoms with E-state index in [0.29, 0.717) is 6.04 Å². The molecule has 0 radical (unpaired) electrons. The van der Waals surface area contributed by atoms with Crippen LogP contribution in [0.3, 0.4) is 0 Å². The highest BCUT2D eigenvalue weighted by molar-refractivity contribution is 9.10. The van der Waals surface area contributed by atoms with Crippen molar-refractivity contribution in [1.29, 1.82) is 0 Å². The van der Waals surface area contributed by atoms with E-state index in [1.807, 2.05) is 0 Å². The molecule has 0 aromatic heterocycles. The van der Waals surface area contributed by atoms with Gasteiger partial charge in [0, 0.05) is 6.04 Å². The van der Waals surface area contributed by atoms with E-state index in [2.05, 4.69) is 33.4 Å². The number of hydrogen-bond acceptors (Lipinski definition) is 3. The molecule has 17 heavy (non-hydrogen) atoms. The van der Waals surface area contributed by atoms with Crippen molar-refractivity contribution < 1.29 is 9.47 Å². The van der Waals surface area contributed by atoms with Gasteiger partial charge in [0.05, 0.1) is 14.2 Å². The van der Waals surface area contributed by atoms with Crippen LogP contribution in [-0.2, 0) is 0 Å². The minimum Gasteiger partial charge on any atom is -0.495 e. The van der Waals surface area contributed by atoms with Crippen molar-refractivity contribution >= 4 is 15.9 Å². The molecule has 94 valence electrons. The van der Waals surface area contributed by atoms with Crippen molar-refractivity contribution in [2.24, 2.45) is 0 Å². The summed E-state index contributed by atoms with van der Waals surface area (Å²) in [6, 6.07) is 4.57. The summed E-state index contributed by atoms with van der Waals surface area (Å²) in [7, 11) is 3.36. The third-order valence-electron chi connectivity index (χ3n) is 3.18. The number of ether oxygens (including phenoxy) is 2. The molecule has 4 heteroatoms. The summed E-state index contributed by atoms with van der Waals surface area (Å²) in [5.41, 5.74) is 1.24. The van der Waals surface area contributed by atoms with Crippen molar-refractivity contribution in [3.8, 4) is 11.5 Å². The Balaban J connectivity index is 2.33. The number of benzene rings is 1. The summed E-state index contributed by atoms with van der Waals surface area (Å²) in [4.78, 5) is 0. The molecule has 0 amide bonds. The molecule has 1 aliphatic heterocycles. The Kier molecular flexibility index (Phi) is 4.29. The van der Waals surface area contributed by atoms with E-state index >= 15 is 0 Å². The first-order chi connectivity index (χ1) is 8.26. The van der Waals surface area contributed by atoms with Gasteiger partial charge < -0.3 is 14.8 Å². The molecular weight excluding hydrogens is 282 g/mol. The monoisotopic (exact) mass is 299 g/mol. The summed E-state index contributed by atoms with van der Waals surface area (Å²) < 4.78 is 11.6. The highest BCUT2D eigenvalue weighted by atomic mass is 79.9. The van der Waals surface area contributed by atoms with Crippen LogP contribution in [0.5, 0.6) is 11.5 Å². The van der Waals surface area contributed by atoms with Crippen LogP contribution < -0.4 is 14.8 Å². The lowest BCUT2D eigenvalue weighted by Gasteiger charge is -2.25. The van der Waals surface area contributed by atoms with Crippen LogP contribution in [0.25, 0.3) is 0 Å². The first-order valence-corrected chi connectivity index (χ1v) is 6.70. The van der Waals surface area contributed by atoms with E-state index < -0.39 is 0 Å². The van der Waals surface area contributed by atoms with E-state index in [1.165, 1.54) is 24.8 Å². The van der Waals surface area contributed by atoms with Gasteiger partial charge in [-0.25, -0.2) is 0 Å². The number of halogens is 1. The lowest BCUT2D eigenvalue weighted by Crippen LogP contribution is -2.26. The molecule has 0 bridgehead atoms. The van der Waals surface area contributed by atoms with Gasteiger partial charge in [-0.3, -0.25) is 0 Å². The number of rotatable bonds is 3. The molecule has 0 saturated carbocycles. The van der Waals surface area contributed by atoms with Gasteiger partial charge in [0.15, 0.2) is 0 Å². The second kappa shape index (κ2) is 5.74. The molecule has 1 saturated heterocycles. The first kappa shape index (κ1) is 12.7. The van der Waals surface area contributed by atoms with Crippen molar-refractivity contribution in [2.45, 2.75) is 25.3 Å². The molecule has 3 nitrogen and oxygen atoms in total. The van der Waals surface area contributed by atoms with Crippen LogP contribution in [0, 0.1) is 0 Å². The Hall–Kier alpha value is -0.740. The predicted molar refractivity (Wildman–Crippen MR) is 71.8 cm³/mol. The van der Waals surface area contributed by atoms with Crippen LogP contribution >= 0.6 is 15.9 Å². The molecule has 1 aromatic rings. The van der Waals surface area contributed by atoms with Crippen molar-refractivity contribution in [1.82, 2.24) is 5.32 Å². The summed E-state index contributed by atoms with van der Waals surface area (Å²) >= 11 is 3.49. The summed E-state index contributed by atoms with van der Waals surface area (Å²) in [5.74, 6) is 1.65. The highest BCUT2D eigenvalue weighted by Crippen LogP contribution is 2.38. The number of hydrogen-bond donors (Lipinski definition) is 1. The van der Waals surface area contributed by atoms with Gasteiger partial charge in [-0.1, -0.05) is 6.42 Å². The van der Waals surface area contributed by atoms with Crippen LogP contribution in [-0.4, -0.2) is 20.8 Å². The first-order valence-electron chi connectivity index (χ1n) is 5.91. The molecular formula is C13H18BrNO2. The maximum absolute atomic E-state index is 5.36. The van der Waals surface area contributed by atoms with Gasteiger partial charge in [-0.05, 0) is 53.0 Å². The fourth-order valence-electron chi connectivity index (χ4n) is 2.23. The summed E-state index contributed by atoms with van der Waals surface area (Å²) in [6.45, 7) is 1.09. The zero-order valence-corrected chi connectivity index (χ0v) is 11.8. The van der Waals surface area contributed by atoms with Gasteiger partial charge in [0.2, 0.25) is 0 Å². The molecule has 1 N–H and O–H groups in total. The van der Waals surface area contributed by atoms with Crippen molar-refractivity contribution in [2.75, 3.05) is 20.8 Å². The molecule has 0 unspecified atom stereocenters. The van der Waals surface area contributed by atoms with Gasteiger partial charge in [-0.2, -0.15) is 0 Å². The molecule has 1 fully saturated rings. The number of piperidine rings is 1. The van der Waals surface area contributed by atoms with Crippen LogP contribution in [0.15, 0.2) is 16.6 Å². The average Bonchev–Trinajstić information content (AvgIpc) is 2.40. The summed E-state index contributed by atoms with van der Waals surface area (Å²) in [5, 5.41) is 3.53. The molecule has 1 aromatic carbocycles. The van der Waals surface area contributed by atoms with Gasteiger partial charge in [0.1, 0.15) is 16.0 Å². The second-order valence-electron chi connectivity index (χ2n) is 4.24. The van der Waals surface area contributed by atoms with Crippen LogP contribution in [0.1, 0.15) is 30.9 Å². The quantitative estimate of drug-likeness (QED) is 0.929. The Bertz CT molecular complexity index is 364. The second-order valence-corrected chi connectivity index (χ2v) is 5.03. The van der Waals surface area contributed by atoms with Crippen LogP contribution in [0.2, 0.25) is 0 Å². The maximum atomic E-state index is 5.36. The fourth-order valence-corrected chi connectivity index (χ4v) is 2.78. The third kappa shape index (κ3) is 2.75. The van der Waals surface area contributed by atoms with E-state index in [1.54, 1.807) is 14.2 Å². The summed E-state index contributed by atoms with van der Waals surface area (Å²) in [6.07, 6.45) is 3.72. The van der Waals surface area contributed by atoms with Gasteiger partial charge in [-0.15, -0.1) is 0 Å². The Morgan fingerprint density at radius 1 is 1.18 bits per heavy atom. The minimum atomic E-state index is 0.416. The van der Waals surface area contributed by atoms with Gasteiger partial charge in [0.25, 0.3) is 0 Å². The SMILES string of the molecule is COc1cc([C@@H]2CCCCN2)cc(OC)c1Br.